The van der Waals surface area contributed by atoms with Crippen LogP contribution in [0.15, 0.2) is 48.7 Å². The van der Waals surface area contributed by atoms with Crippen LogP contribution in [0.2, 0.25) is 0 Å². The summed E-state index contributed by atoms with van der Waals surface area (Å²) in [6.07, 6.45) is 1.83. The van der Waals surface area contributed by atoms with Crippen molar-refractivity contribution in [1.82, 2.24) is 10.2 Å². The zero-order valence-corrected chi connectivity index (χ0v) is 11.4. The molecule has 0 atom stereocenters. The fourth-order valence-electron chi connectivity index (χ4n) is 2.23. The van der Waals surface area contributed by atoms with Gasteiger partial charge in [-0.3, -0.25) is 5.10 Å². The maximum absolute atomic E-state index is 5.51. The first-order valence-corrected chi connectivity index (χ1v) is 6.74. The first-order valence-electron chi connectivity index (χ1n) is 6.74. The van der Waals surface area contributed by atoms with E-state index in [0.717, 1.165) is 28.9 Å². The van der Waals surface area contributed by atoms with Gasteiger partial charge in [0, 0.05) is 11.9 Å². The highest BCUT2D eigenvalue weighted by Crippen LogP contribution is 2.21. The molecule has 0 aliphatic carbocycles. The molecule has 0 aliphatic heterocycles. The molecule has 0 saturated heterocycles. The number of rotatable bonds is 5. The average Bonchev–Trinajstić information content (AvgIpc) is 2.95. The van der Waals surface area contributed by atoms with Crippen LogP contribution in [0, 0.1) is 0 Å². The van der Waals surface area contributed by atoms with Gasteiger partial charge in [-0.05, 0) is 30.7 Å². The predicted molar refractivity (Wildman–Crippen MR) is 81.0 cm³/mol. The van der Waals surface area contributed by atoms with Crippen LogP contribution in [0.4, 0.5) is 5.69 Å². The minimum atomic E-state index is 0.685. The van der Waals surface area contributed by atoms with E-state index in [9.17, 15) is 0 Å². The molecule has 2 N–H and O–H groups in total. The molecule has 1 heterocycles. The number of nitrogens with zero attached hydrogens (tertiary/aromatic N) is 1. The Labute approximate surface area is 117 Å². The second kappa shape index (κ2) is 5.65. The topological polar surface area (TPSA) is 49.9 Å². The fourth-order valence-corrected chi connectivity index (χ4v) is 2.23. The van der Waals surface area contributed by atoms with E-state index in [1.165, 1.54) is 5.56 Å². The van der Waals surface area contributed by atoms with Crippen molar-refractivity contribution >= 4 is 16.6 Å². The molecule has 3 aromatic rings. The second-order valence-corrected chi connectivity index (χ2v) is 4.57. The van der Waals surface area contributed by atoms with Crippen molar-refractivity contribution in [3.8, 4) is 5.75 Å². The maximum atomic E-state index is 5.51. The third kappa shape index (κ3) is 2.59. The predicted octanol–water partition coefficient (Wildman–Crippen LogP) is 3.57. The number of anilines is 1. The van der Waals surface area contributed by atoms with E-state index in [-0.39, 0.29) is 0 Å². The summed E-state index contributed by atoms with van der Waals surface area (Å²) in [4.78, 5) is 0. The Morgan fingerprint density at radius 3 is 3.00 bits per heavy atom. The minimum absolute atomic E-state index is 0.685. The van der Waals surface area contributed by atoms with Gasteiger partial charge in [0.1, 0.15) is 5.75 Å². The van der Waals surface area contributed by atoms with E-state index in [1.807, 2.05) is 43.5 Å². The highest BCUT2D eigenvalue weighted by Gasteiger charge is 2.02. The van der Waals surface area contributed by atoms with Crippen LogP contribution in [-0.2, 0) is 6.54 Å². The summed E-state index contributed by atoms with van der Waals surface area (Å²) in [5.74, 6) is 0.909. The summed E-state index contributed by atoms with van der Waals surface area (Å²) in [6.45, 7) is 3.42. The van der Waals surface area contributed by atoms with Gasteiger partial charge in [0.05, 0.1) is 24.0 Å². The highest BCUT2D eigenvalue weighted by atomic mass is 16.5. The largest absolute Gasteiger partial charge is 0.494 e. The summed E-state index contributed by atoms with van der Waals surface area (Å²) in [7, 11) is 0. The van der Waals surface area contributed by atoms with Crippen LogP contribution in [0.1, 0.15) is 12.5 Å². The Hall–Kier alpha value is -2.49. The Morgan fingerprint density at radius 1 is 1.20 bits per heavy atom. The molecule has 0 spiro atoms. The number of aromatic amines is 1. The van der Waals surface area contributed by atoms with Crippen LogP contribution in [-0.4, -0.2) is 16.8 Å². The molecule has 2 aromatic carbocycles. The number of nitrogens with one attached hydrogen (secondary N) is 2. The molecular formula is C16H17N3O. The van der Waals surface area contributed by atoms with E-state index in [2.05, 4.69) is 27.6 Å². The molecule has 0 bridgehead atoms. The van der Waals surface area contributed by atoms with Crippen molar-refractivity contribution in [2.75, 3.05) is 11.9 Å². The zero-order valence-electron chi connectivity index (χ0n) is 11.4. The number of hydrogen-bond donors (Lipinski definition) is 2. The third-order valence-electron chi connectivity index (χ3n) is 3.17. The van der Waals surface area contributed by atoms with Crippen molar-refractivity contribution < 1.29 is 4.74 Å². The lowest BCUT2D eigenvalue weighted by atomic mass is 10.2. The number of benzene rings is 2. The lowest BCUT2D eigenvalue weighted by molar-refractivity contribution is 0.340. The van der Waals surface area contributed by atoms with Gasteiger partial charge in [0.15, 0.2) is 0 Å². The van der Waals surface area contributed by atoms with Gasteiger partial charge in [0.25, 0.3) is 0 Å². The Kier molecular flexibility index (Phi) is 3.54. The fraction of sp³-hybridized carbons (Fsp3) is 0.188. The minimum Gasteiger partial charge on any atom is -0.494 e. The van der Waals surface area contributed by atoms with E-state index >= 15 is 0 Å². The smallest absolute Gasteiger partial charge is 0.119 e. The first kappa shape index (κ1) is 12.5. The molecule has 20 heavy (non-hydrogen) atoms. The lowest BCUT2D eigenvalue weighted by Gasteiger charge is -2.09. The van der Waals surface area contributed by atoms with Crippen molar-refractivity contribution in [1.29, 1.82) is 0 Å². The standard InChI is InChI=1S/C16H17N3O/c1-2-20-14-7-3-5-12(9-14)10-17-15-8-4-6-13-11-18-19-16(13)15/h3-9,11,17H,2,10H2,1H3,(H,18,19). The summed E-state index contributed by atoms with van der Waals surface area (Å²) < 4.78 is 5.51. The molecule has 0 aliphatic rings. The van der Waals surface area contributed by atoms with Gasteiger partial charge >= 0.3 is 0 Å². The molecular weight excluding hydrogens is 250 g/mol. The normalized spacial score (nSPS) is 10.7. The molecule has 3 rings (SSSR count). The number of aromatic nitrogens is 2. The van der Waals surface area contributed by atoms with Gasteiger partial charge < -0.3 is 10.1 Å². The molecule has 102 valence electrons. The summed E-state index contributed by atoms with van der Waals surface area (Å²) in [5, 5.41) is 11.6. The van der Waals surface area contributed by atoms with E-state index in [4.69, 9.17) is 4.74 Å². The van der Waals surface area contributed by atoms with Gasteiger partial charge in [-0.15, -0.1) is 0 Å². The SMILES string of the molecule is CCOc1cccc(CNc2cccc3cn[nH]c23)c1. The molecule has 0 radical (unpaired) electrons. The highest BCUT2D eigenvalue weighted by molar-refractivity contribution is 5.89. The van der Waals surface area contributed by atoms with Gasteiger partial charge in [-0.25, -0.2) is 0 Å². The average molecular weight is 267 g/mol. The molecule has 0 saturated carbocycles. The third-order valence-corrected chi connectivity index (χ3v) is 3.17. The van der Waals surface area contributed by atoms with Gasteiger partial charge in [0.2, 0.25) is 0 Å². The van der Waals surface area contributed by atoms with Crippen molar-refractivity contribution in [2.24, 2.45) is 0 Å². The Balaban J connectivity index is 1.76. The second-order valence-electron chi connectivity index (χ2n) is 4.57. The zero-order chi connectivity index (χ0) is 13.8. The van der Waals surface area contributed by atoms with E-state index < -0.39 is 0 Å². The molecule has 0 amide bonds. The van der Waals surface area contributed by atoms with Crippen LogP contribution >= 0.6 is 0 Å². The summed E-state index contributed by atoms with van der Waals surface area (Å²) in [6, 6.07) is 14.2. The number of H-pyrrole nitrogens is 1. The lowest BCUT2D eigenvalue weighted by Crippen LogP contribution is -2.00. The van der Waals surface area contributed by atoms with E-state index in [0.29, 0.717) is 6.61 Å². The molecule has 0 fully saturated rings. The molecule has 4 nitrogen and oxygen atoms in total. The summed E-state index contributed by atoms with van der Waals surface area (Å²) in [5.41, 5.74) is 3.28. The first-order chi connectivity index (χ1) is 9.86. The van der Waals surface area contributed by atoms with Crippen LogP contribution in [0.3, 0.4) is 0 Å². The Bertz CT molecular complexity index is 706. The Morgan fingerprint density at radius 2 is 2.10 bits per heavy atom. The quantitative estimate of drug-likeness (QED) is 0.743. The van der Waals surface area contributed by atoms with Crippen molar-refractivity contribution in [2.45, 2.75) is 13.5 Å². The van der Waals surface area contributed by atoms with Crippen molar-refractivity contribution in [3.63, 3.8) is 0 Å². The number of ether oxygens (including phenoxy) is 1. The number of para-hydroxylation sites is 1. The van der Waals surface area contributed by atoms with Crippen LogP contribution in [0.25, 0.3) is 10.9 Å². The van der Waals surface area contributed by atoms with Crippen molar-refractivity contribution in [3.05, 3.63) is 54.2 Å². The van der Waals surface area contributed by atoms with Crippen LogP contribution in [0.5, 0.6) is 5.75 Å². The maximum Gasteiger partial charge on any atom is 0.119 e. The molecule has 0 unspecified atom stereocenters. The van der Waals surface area contributed by atoms with Crippen LogP contribution < -0.4 is 10.1 Å². The summed E-state index contributed by atoms with van der Waals surface area (Å²) >= 11 is 0. The van der Waals surface area contributed by atoms with Gasteiger partial charge in [-0.2, -0.15) is 5.10 Å². The monoisotopic (exact) mass is 267 g/mol. The van der Waals surface area contributed by atoms with Gasteiger partial charge in [-0.1, -0.05) is 24.3 Å². The number of fused-ring (bicyclic) bond motifs is 1. The van der Waals surface area contributed by atoms with E-state index in [1.54, 1.807) is 0 Å². The molecule has 4 heteroatoms. The molecule has 1 aromatic heterocycles. The number of hydrogen-bond acceptors (Lipinski definition) is 3.